The second-order valence-corrected chi connectivity index (χ2v) is 5.60. The monoisotopic (exact) mass is 304 g/mol. The maximum absolute atomic E-state index is 13.7. The zero-order valence-electron chi connectivity index (χ0n) is 10.4. The molecule has 0 aliphatic rings. The van der Waals surface area contributed by atoms with Gasteiger partial charge >= 0.3 is 0 Å². The molecule has 0 spiro atoms. The van der Waals surface area contributed by atoms with E-state index in [4.69, 9.17) is 11.6 Å². The van der Waals surface area contributed by atoms with Gasteiger partial charge in [-0.1, -0.05) is 53.7 Å². The summed E-state index contributed by atoms with van der Waals surface area (Å²) in [5.41, 5.74) is 0.494. The highest BCUT2D eigenvalue weighted by Gasteiger charge is 2.10. The minimum Gasteiger partial charge on any atom is -0.207 e. The standard InChI is InChI=1S/C15H10ClFN2S/c16-13-6-3-7-14(17)12(13)9-20-15-11-5-2-1-4-10(11)8-18-19-15/h1-8H,9H2. The maximum Gasteiger partial charge on any atom is 0.128 e. The number of hydrogen-bond donors (Lipinski definition) is 0. The van der Waals surface area contributed by atoms with E-state index in [1.165, 1.54) is 17.8 Å². The topological polar surface area (TPSA) is 25.8 Å². The average molecular weight is 305 g/mol. The van der Waals surface area contributed by atoms with Gasteiger partial charge in [0.1, 0.15) is 10.8 Å². The van der Waals surface area contributed by atoms with Gasteiger partial charge in [0, 0.05) is 27.1 Å². The lowest BCUT2D eigenvalue weighted by Crippen LogP contribution is -1.92. The van der Waals surface area contributed by atoms with E-state index >= 15 is 0 Å². The highest BCUT2D eigenvalue weighted by atomic mass is 35.5. The Bertz CT molecular complexity index is 738. The van der Waals surface area contributed by atoms with Crippen molar-refractivity contribution in [3.05, 3.63) is 65.1 Å². The highest BCUT2D eigenvalue weighted by molar-refractivity contribution is 7.98. The lowest BCUT2D eigenvalue weighted by Gasteiger charge is -2.06. The third-order valence-electron chi connectivity index (χ3n) is 2.95. The summed E-state index contributed by atoms with van der Waals surface area (Å²) in [7, 11) is 0. The molecular weight excluding hydrogens is 295 g/mol. The maximum atomic E-state index is 13.7. The van der Waals surface area contributed by atoms with Crippen molar-refractivity contribution in [3.8, 4) is 0 Å². The quantitative estimate of drug-likeness (QED) is 0.655. The molecule has 100 valence electrons. The first kappa shape index (κ1) is 13.3. The largest absolute Gasteiger partial charge is 0.207 e. The van der Waals surface area contributed by atoms with Crippen molar-refractivity contribution in [3.63, 3.8) is 0 Å². The van der Waals surface area contributed by atoms with Crippen LogP contribution in [0.3, 0.4) is 0 Å². The van der Waals surface area contributed by atoms with Crippen LogP contribution in [0.4, 0.5) is 4.39 Å². The summed E-state index contributed by atoms with van der Waals surface area (Å²) in [5.74, 6) is 0.131. The van der Waals surface area contributed by atoms with Gasteiger partial charge in [-0.25, -0.2) is 4.39 Å². The van der Waals surface area contributed by atoms with Crippen LogP contribution >= 0.6 is 23.4 Å². The molecule has 5 heteroatoms. The third kappa shape index (κ3) is 2.62. The van der Waals surface area contributed by atoms with E-state index in [1.807, 2.05) is 24.3 Å². The lowest BCUT2D eigenvalue weighted by molar-refractivity contribution is 0.617. The molecule has 0 aliphatic carbocycles. The summed E-state index contributed by atoms with van der Waals surface area (Å²) in [6, 6.07) is 12.6. The fourth-order valence-corrected chi connectivity index (χ4v) is 3.25. The van der Waals surface area contributed by atoms with Crippen molar-refractivity contribution in [2.24, 2.45) is 0 Å². The van der Waals surface area contributed by atoms with Crippen molar-refractivity contribution < 1.29 is 4.39 Å². The predicted molar refractivity (Wildman–Crippen MR) is 80.5 cm³/mol. The summed E-state index contributed by atoms with van der Waals surface area (Å²) in [4.78, 5) is 0. The molecule has 2 nitrogen and oxygen atoms in total. The molecule has 0 unspecified atom stereocenters. The van der Waals surface area contributed by atoms with Gasteiger partial charge < -0.3 is 0 Å². The van der Waals surface area contributed by atoms with Crippen LogP contribution in [-0.4, -0.2) is 10.2 Å². The molecule has 0 amide bonds. The Morgan fingerprint density at radius 3 is 2.80 bits per heavy atom. The molecule has 0 N–H and O–H groups in total. The molecule has 0 atom stereocenters. The molecule has 2 aromatic carbocycles. The number of nitrogens with zero attached hydrogens (tertiary/aromatic N) is 2. The molecular formula is C15H10ClFN2S. The van der Waals surface area contributed by atoms with E-state index in [1.54, 1.807) is 18.3 Å². The Balaban J connectivity index is 1.91. The normalized spacial score (nSPS) is 10.9. The molecule has 20 heavy (non-hydrogen) atoms. The Hall–Kier alpha value is -1.65. The summed E-state index contributed by atoms with van der Waals surface area (Å²) in [6.45, 7) is 0. The minimum atomic E-state index is -0.293. The molecule has 0 saturated carbocycles. The Kier molecular flexibility index (Phi) is 3.85. The summed E-state index contributed by atoms with van der Waals surface area (Å²) in [6.07, 6.45) is 1.72. The molecule has 0 fully saturated rings. The van der Waals surface area contributed by atoms with Gasteiger partial charge in [0.15, 0.2) is 0 Å². The van der Waals surface area contributed by atoms with Gasteiger partial charge in [-0.05, 0) is 12.1 Å². The number of benzene rings is 2. The van der Waals surface area contributed by atoms with Crippen LogP contribution in [0, 0.1) is 5.82 Å². The van der Waals surface area contributed by atoms with Crippen LogP contribution in [0.25, 0.3) is 10.8 Å². The molecule has 1 aromatic heterocycles. The molecule has 0 radical (unpaired) electrons. The molecule has 0 aliphatic heterocycles. The zero-order valence-corrected chi connectivity index (χ0v) is 12.0. The third-order valence-corrected chi connectivity index (χ3v) is 4.31. The summed E-state index contributed by atoms with van der Waals surface area (Å²) in [5, 5.41) is 11.3. The van der Waals surface area contributed by atoms with Crippen LogP contribution in [0.2, 0.25) is 5.02 Å². The van der Waals surface area contributed by atoms with E-state index < -0.39 is 0 Å². The van der Waals surface area contributed by atoms with Crippen molar-refractivity contribution in [2.45, 2.75) is 10.8 Å². The van der Waals surface area contributed by atoms with Crippen LogP contribution < -0.4 is 0 Å². The summed E-state index contributed by atoms with van der Waals surface area (Å²) >= 11 is 7.46. The molecule has 0 saturated heterocycles. The van der Waals surface area contributed by atoms with E-state index in [0.29, 0.717) is 16.3 Å². The van der Waals surface area contributed by atoms with E-state index in [9.17, 15) is 4.39 Å². The summed E-state index contributed by atoms with van der Waals surface area (Å²) < 4.78 is 13.7. The Labute approximate surface area is 125 Å². The Morgan fingerprint density at radius 2 is 1.95 bits per heavy atom. The van der Waals surface area contributed by atoms with Gasteiger partial charge in [-0.2, -0.15) is 5.10 Å². The molecule has 3 rings (SSSR count). The van der Waals surface area contributed by atoms with Crippen LogP contribution in [0.1, 0.15) is 5.56 Å². The van der Waals surface area contributed by atoms with Crippen molar-refractivity contribution >= 4 is 34.1 Å². The minimum absolute atomic E-state index is 0.293. The number of thioether (sulfide) groups is 1. The van der Waals surface area contributed by atoms with Crippen molar-refractivity contribution in [1.82, 2.24) is 10.2 Å². The first-order valence-corrected chi connectivity index (χ1v) is 7.38. The average Bonchev–Trinajstić information content (AvgIpc) is 2.47. The fraction of sp³-hybridized carbons (Fsp3) is 0.0667. The number of halogens is 2. The van der Waals surface area contributed by atoms with Gasteiger partial charge in [-0.3, -0.25) is 0 Å². The van der Waals surface area contributed by atoms with E-state index in [-0.39, 0.29) is 5.82 Å². The molecule has 1 heterocycles. The van der Waals surface area contributed by atoms with Gasteiger partial charge in [0.05, 0.1) is 6.20 Å². The van der Waals surface area contributed by atoms with E-state index in [2.05, 4.69) is 10.2 Å². The van der Waals surface area contributed by atoms with Gasteiger partial charge in [0.25, 0.3) is 0 Å². The van der Waals surface area contributed by atoms with Gasteiger partial charge in [0.2, 0.25) is 0 Å². The van der Waals surface area contributed by atoms with Crippen LogP contribution in [0.15, 0.2) is 53.7 Å². The number of aromatic nitrogens is 2. The zero-order chi connectivity index (χ0) is 13.9. The number of rotatable bonds is 3. The predicted octanol–water partition coefficient (Wildman–Crippen LogP) is 4.71. The fourth-order valence-electron chi connectivity index (χ4n) is 1.92. The molecule has 0 bridgehead atoms. The second-order valence-electron chi connectivity index (χ2n) is 4.23. The SMILES string of the molecule is Fc1cccc(Cl)c1CSc1nncc2ccccc12. The Morgan fingerprint density at radius 1 is 1.10 bits per heavy atom. The van der Waals surface area contributed by atoms with Gasteiger partial charge in [-0.15, -0.1) is 5.10 Å². The number of fused-ring (bicyclic) bond motifs is 1. The second kappa shape index (κ2) is 5.77. The van der Waals surface area contributed by atoms with E-state index in [0.717, 1.165) is 15.8 Å². The first-order valence-electron chi connectivity index (χ1n) is 6.02. The molecule has 3 aromatic rings. The highest BCUT2D eigenvalue weighted by Crippen LogP contribution is 2.30. The smallest absolute Gasteiger partial charge is 0.128 e. The van der Waals surface area contributed by atoms with Crippen molar-refractivity contribution in [2.75, 3.05) is 0 Å². The number of hydrogen-bond acceptors (Lipinski definition) is 3. The lowest BCUT2D eigenvalue weighted by atomic mass is 10.2. The van der Waals surface area contributed by atoms with Crippen LogP contribution in [0.5, 0.6) is 0 Å². The van der Waals surface area contributed by atoms with Crippen molar-refractivity contribution in [1.29, 1.82) is 0 Å². The first-order chi connectivity index (χ1) is 9.75. The van der Waals surface area contributed by atoms with Crippen LogP contribution in [-0.2, 0) is 5.75 Å².